The summed E-state index contributed by atoms with van der Waals surface area (Å²) in [6, 6.07) is 0.119. The third-order valence-electron chi connectivity index (χ3n) is 2.78. The lowest BCUT2D eigenvalue weighted by atomic mass is 10.1. The average molecular weight is 210 g/mol. The number of amides is 1. The number of hydrogen-bond acceptors (Lipinski definition) is 2. The van der Waals surface area contributed by atoms with Crippen molar-refractivity contribution < 1.29 is 4.79 Å². The quantitative estimate of drug-likeness (QED) is 0.650. The molecule has 1 aliphatic carbocycles. The molecule has 0 unspecified atom stereocenters. The Morgan fingerprint density at radius 1 is 1.67 bits per heavy atom. The lowest BCUT2D eigenvalue weighted by Crippen LogP contribution is -2.44. The number of unbranched alkanes of at least 4 members (excludes halogenated alkanes) is 1. The molecule has 0 aromatic carbocycles. The van der Waals surface area contributed by atoms with Gasteiger partial charge in [0.05, 0.1) is 6.04 Å². The van der Waals surface area contributed by atoms with Crippen LogP contribution in [0.3, 0.4) is 0 Å². The third-order valence-corrected chi connectivity index (χ3v) is 2.78. The molecule has 1 atom stereocenters. The summed E-state index contributed by atoms with van der Waals surface area (Å²) in [7, 11) is 0. The second-order valence-electron chi connectivity index (χ2n) is 4.26. The van der Waals surface area contributed by atoms with Crippen LogP contribution in [0.4, 0.5) is 0 Å². The SMILES string of the molecule is C=CCN(C(=O)[C@@H](N)CCCC)C1CC1. The molecule has 2 N–H and O–H groups in total. The molecule has 15 heavy (non-hydrogen) atoms. The summed E-state index contributed by atoms with van der Waals surface area (Å²) in [5, 5.41) is 0. The van der Waals surface area contributed by atoms with Crippen molar-refractivity contribution in [2.24, 2.45) is 5.73 Å². The average Bonchev–Trinajstić information content (AvgIpc) is 3.05. The Kier molecular flexibility index (Phi) is 4.82. The Labute approximate surface area is 92.3 Å². The summed E-state index contributed by atoms with van der Waals surface area (Å²) in [6.07, 6.45) is 6.95. The highest BCUT2D eigenvalue weighted by molar-refractivity contribution is 5.82. The maximum Gasteiger partial charge on any atom is 0.240 e. The molecule has 0 heterocycles. The molecule has 86 valence electrons. The van der Waals surface area contributed by atoms with Crippen molar-refractivity contribution in [3.05, 3.63) is 12.7 Å². The molecule has 0 saturated heterocycles. The van der Waals surface area contributed by atoms with E-state index in [-0.39, 0.29) is 11.9 Å². The number of carbonyl (C=O) groups is 1. The van der Waals surface area contributed by atoms with Crippen molar-refractivity contribution in [1.82, 2.24) is 4.90 Å². The number of nitrogens with two attached hydrogens (primary N) is 1. The van der Waals surface area contributed by atoms with Gasteiger partial charge in [-0.2, -0.15) is 0 Å². The van der Waals surface area contributed by atoms with Gasteiger partial charge in [-0.15, -0.1) is 6.58 Å². The first-order valence-corrected chi connectivity index (χ1v) is 5.87. The van der Waals surface area contributed by atoms with E-state index in [9.17, 15) is 4.79 Å². The standard InChI is InChI=1S/C12H22N2O/c1-3-5-6-11(13)12(15)14(9-4-2)10-7-8-10/h4,10-11H,2-3,5-9,13H2,1H3/t11-/m0/s1. The van der Waals surface area contributed by atoms with Crippen LogP contribution in [0, 0.1) is 0 Å². The van der Waals surface area contributed by atoms with Gasteiger partial charge in [0.25, 0.3) is 0 Å². The zero-order chi connectivity index (χ0) is 11.3. The minimum Gasteiger partial charge on any atom is -0.335 e. The zero-order valence-corrected chi connectivity index (χ0v) is 9.61. The Bertz CT molecular complexity index is 224. The Balaban J connectivity index is 2.43. The minimum absolute atomic E-state index is 0.103. The van der Waals surface area contributed by atoms with Gasteiger partial charge in [0.2, 0.25) is 5.91 Å². The van der Waals surface area contributed by atoms with E-state index < -0.39 is 0 Å². The molecular weight excluding hydrogens is 188 g/mol. The fraction of sp³-hybridized carbons (Fsp3) is 0.750. The summed E-state index contributed by atoms with van der Waals surface area (Å²) >= 11 is 0. The van der Waals surface area contributed by atoms with Crippen LogP contribution in [0.15, 0.2) is 12.7 Å². The number of nitrogens with zero attached hydrogens (tertiary/aromatic N) is 1. The first-order chi connectivity index (χ1) is 7.20. The molecule has 1 amide bonds. The normalized spacial score (nSPS) is 17.2. The van der Waals surface area contributed by atoms with Gasteiger partial charge in [0.1, 0.15) is 0 Å². The van der Waals surface area contributed by atoms with Crippen molar-refractivity contribution in [2.45, 2.75) is 51.1 Å². The smallest absolute Gasteiger partial charge is 0.240 e. The first-order valence-electron chi connectivity index (χ1n) is 5.87. The Hall–Kier alpha value is -0.830. The molecule has 3 heteroatoms. The number of rotatable bonds is 7. The van der Waals surface area contributed by atoms with Crippen LogP contribution in [0.2, 0.25) is 0 Å². The van der Waals surface area contributed by atoms with Gasteiger partial charge in [-0.1, -0.05) is 25.8 Å². The first kappa shape index (κ1) is 12.2. The second kappa shape index (κ2) is 5.91. The highest BCUT2D eigenvalue weighted by Crippen LogP contribution is 2.27. The van der Waals surface area contributed by atoms with E-state index in [2.05, 4.69) is 13.5 Å². The molecule has 1 aliphatic rings. The number of carbonyl (C=O) groups excluding carboxylic acids is 1. The molecule has 0 bridgehead atoms. The second-order valence-corrected chi connectivity index (χ2v) is 4.26. The van der Waals surface area contributed by atoms with E-state index in [4.69, 9.17) is 5.73 Å². The lowest BCUT2D eigenvalue weighted by Gasteiger charge is -2.24. The topological polar surface area (TPSA) is 46.3 Å². The van der Waals surface area contributed by atoms with Crippen molar-refractivity contribution in [1.29, 1.82) is 0 Å². The van der Waals surface area contributed by atoms with Gasteiger partial charge in [0.15, 0.2) is 0 Å². The highest BCUT2D eigenvalue weighted by atomic mass is 16.2. The van der Waals surface area contributed by atoms with Crippen LogP contribution >= 0.6 is 0 Å². The fourth-order valence-corrected chi connectivity index (χ4v) is 1.70. The van der Waals surface area contributed by atoms with E-state index in [0.29, 0.717) is 12.6 Å². The Morgan fingerprint density at radius 2 is 2.33 bits per heavy atom. The predicted octanol–water partition coefficient (Wildman–Crippen LogP) is 1.68. The van der Waals surface area contributed by atoms with E-state index >= 15 is 0 Å². The minimum atomic E-state index is -0.314. The molecule has 1 fully saturated rings. The van der Waals surface area contributed by atoms with Crippen molar-refractivity contribution >= 4 is 5.91 Å². The number of hydrogen-bond donors (Lipinski definition) is 1. The fourth-order valence-electron chi connectivity index (χ4n) is 1.70. The summed E-state index contributed by atoms with van der Waals surface area (Å²) in [5.41, 5.74) is 5.87. The van der Waals surface area contributed by atoms with Crippen molar-refractivity contribution in [3.63, 3.8) is 0 Å². The molecule has 0 radical (unpaired) electrons. The molecule has 0 aliphatic heterocycles. The molecule has 0 spiro atoms. The zero-order valence-electron chi connectivity index (χ0n) is 9.61. The van der Waals surface area contributed by atoms with Crippen LogP contribution in [-0.4, -0.2) is 29.4 Å². The molecule has 3 nitrogen and oxygen atoms in total. The van der Waals surface area contributed by atoms with Gasteiger partial charge in [-0.3, -0.25) is 4.79 Å². The molecule has 1 saturated carbocycles. The Morgan fingerprint density at radius 3 is 2.80 bits per heavy atom. The van der Waals surface area contributed by atoms with Crippen LogP contribution < -0.4 is 5.73 Å². The van der Waals surface area contributed by atoms with Gasteiger partial charge in [0, 0.05) is 12.6 Å². The van der Waals surface area contributed by atoms with Crippen LogP contribution in [0.5, 0.6) is 0 Å². The third kappa shape index (κ3) is 3.67. The van der Waals surface area contributed by atoms with Gasteiger partial charge < -0.3 is 10.6 Å². The molecule has 1 rings (SSSR count). The van der Waals surface area contributed by atoms with Gasteiger partial charge in [-0.25, -0.2) is 0 Å². The summed E-state index contributed by atoms with van der Waals surface area (Å²) in [4.78, 5) is 13.9. The predicted molar refractivity (Wildman–Crippen MR) is 62.4 cm³/mol. The van der Waals surface area contributed by atoms with E-state index in [0.717, 1.165) is 32.1 Å². The molecule has 0 aromatic rings. The van der Waals surface area contributed by atoms with Crippen LogP contribution in [0.25, 0.3) is 0 Å². The van der Waals surface area contributed by atoms with Crippen LogP contribution in [-0.2, 0) is 4.79 Å². The van der Waals surface area contributed by atoms with Crippen LogP contribution in [0.1, 0.15) is 39.0 Å². The largest absolute Gasteiger partial charge is 0.335 e. The molecular formula is C12H22N2O. The van der Waals surface area contributed by atoms with E-state index in [1.165, 1.54) is 0 Å². The lowest BCUT2D eigenvalue weighted by molar-refractivity contribution is -0.132. The van der Waals surface area contributed by atoms with E-state index in [1.54, 1.807) is 6.08 Å². The summed E-state index contributed by atoms with van der Waals surface area (Å²) < 4.78 is 0. The van der Waals surface area contributed by atoms with Crippen molar-refractivity contribution in [2.75, 3.05) is 6.54 Å². The molecule has 0 aromatic heterocycles. The highest BCUT2D eigenvalue weighted by Gasteiger charge is 2.33. The summed E-state index contributed by atoms with van der Waals surface area (Å²) in [6.45, 7) is 6.43. The van der Waals surface area contributed by atoms with E-state index in [1.807, 2.05) is 4.90 Å². The van der Waals surface area contributed by atoms with Gasteiger partial charge in [-0.05, 0) is 19.3 Å². The summed E-state index contributed by atoms with van der Waals surface area (Å²) in [5.74, 6) is 0.103. The maximum atomic E-state index is 12.0. The van der Waals surface area contributed by atoms with Gasteiger partial charge >= 0.3 is 0 Å². The van der Waals surface area contributed by atoms with Crippen molar-refractivity contribution in [3.8, 4) is 0 Å². The maximum absolute atomic E-state index is 12.0. The monoisotopic (exact) mass is 210 g/mol.